The Morgan fingerprint density at radius 3 is 2.68 bits per heavy atom. The minimum Gasteiger partial charge on any atom is -0.361 e. The van der Waals surface area contributed by atoms with E-state index in [-0.39, 0.29) is 17.8 Å². The molecule has 1 atom stereocenters. The van der Waals surface area contributed by atoms with Crippen LogP contribution in [0.15, 0.2) is 54.7 Å². The molecule has 0 aliphatic rings. The van der Waals surface area contributed by atoms with Gasteiger partial charge in [0.2, 0.25) is 5.91 Å². The lowest BCUT2D eigenvalue weighted by atomic mass is 10.1. The van der Waals surface area contributed by atoms with Gasteiger partial charge in [0, 0.05) is 23.6 Å². The van der Waals surface area contributed by atoms with Gasteiger partial charge in [-0.1, -0.05) is 30.3 Å². The van der Waals surface area contributed by atoms with Crippen molar-refractivity contribution in [2.45, 2.75) is 12.5 Å². The zero-order chi connectivity index (χ0) is 17.8. The number of hydrogen-bond acceptors (Lipinski definition) is 2. The zero-order valence-electron chi connectivity index (χ0n) is 14.4. The van der Waals surface area contributed by atoms with Gasteiger partial charge in [0.25, 0.3) is 0 Å². The first-order valence-corrected chi connectivity index (χ1v) is 8.31. The van der Waals surface area contributed by atoms with E-state index in [1.54, 1.807) is 6.07 Å². The maximum absolute atomic E-state index is 13.2. The number of carbonyl (C=O) groups excluding carboxylic acids is 1. The predicted octanol–water partition coefficient (Wildman–Crippen LogP) is 3.27. The molecule has 25 heavy (non-hydrogen) atoms. The van der Waals surface area contributed by atoms with Gasteiger partial charge in [-0.05, 0) is 49.8 Å². The molecule has 0 saturated carbocycles. The molecule has 3 rings (SSSR count). The number of likely N-dealkylation sites (N-methyl/N-ethyl adjacent to an activating group) is 1. The van der Waals surface area contributed by atoms with Crippen LogP contribution in [0.2, 0.25) is 0 Å². The summed E-state index contributed by atoms with van der Waals surface area (Å²) in [6, 6.07) is 14.1. The lowest BCUT2D eigenvalue weighted by molar-refractivity contribution is -0.125. The van der Waals surface area contributed by atoms with Crippen LogP contribution in [0.25, 0.3) is 10.9 Å². The van der Waals surface area contributed by atoms with E-state index < -0.39 is 0 Å². The van der Waals surface area contributed by atoms with Crippen LogP contribution in [-0.4, -0.2) is 36.4 Å². The average molecular weight is 339 g/mol. The Kier molecular flexibility index (Phi) is 5.14. The molecule has 2 aromatic carbocycles. The minimum absolute atomic E-state index is 0.0258. The van der Waals surface area contributed by atoms with Gasteiger partial charge in [-0.3, -0.25) is 9.69 Å². The molecule has 0 spiro atoms. The highest BCUT2D eigenvalue weighted by Gasteiger charge is 2.22. The van der Waals surface area contributed by atoms with Crippen molar-refractivity contribution in [2.24, 2.45) is 0 Å². The summed E-state index contributed by atoms with van der Waals surface area (Å²) < 4.78 is 13.2. The maximum Gasteiger partial charge on any atom is 0.241 e. The third-order valence-corrected chi connectivity index (χ3v) is 4.30. The molecule has 130 valence electrons. The Morgan fingerprint density at radius 1 is 1.20 bits per heavy atom. The molecule has 0 aliphatic heterocycles. The molecule has 0 unspecified atom stereocenters. The Balaban J connectivity index is 1.65. The molecule has 0 bridgehead atoms. The average Bonchev–Trinajstić information content (AvgIpc) is 2.98. The van der Waals surface area contributed by atoms with Crippen molar-refractivity contribution < 1.29 is 9.18 Å². The number of benzene rings is 2. The van der Waals surface area contributed by atoms with Crippen molar-refractivity contribution in [1.29, 1.82) is 0 Å². The molecule has 1 aromatic heterocycles. The van der Waals surface area contributed by atoms with E-state index in [4.69, 9.17) is 0 Å². The highest BCUT2D eigenvalue weighted by atomic mass is 19.1. The molecular weight excluding hydrogens is 317 g/mol. The fourth-order valence-electron chi connectivity index (χ4n) is 3.10. The van der Waals surface area contributed by atoms with Crippen molar-refractivity contribution >= 4 is 16.8 Å². The summed E-state index contributed by atoms with van der Waals surface area (Å²) >= 11 is 0. The predicted molar refractivity (Wildman–Crippen MR) is 97.8 cm³/mol. The minimum atomic E-state index is -0.321. The third-order valence-electron chi connectivity index (χ3n) is 4.30. The van der Waals surface area contributed by atoms with E-state index in [0.717, 1.165) is 22.0 Å². The van der Waals surface area contributed by atoms with Crippen molar-refractivity contribution in [3.05, 3.63) is 71.7 Å². The summed E-state index contributed by atoms with van der Waals surface area (Å²) in [5.41, 5.74) is 2.81. The Hall–Kier alpha value is -2.66. The van der Waals surface area contributed by atoms with Crippen molar-refractivity contribution in [1.82, 2.24) is 15.2 Å². The largest absolute Gasteiger partial charge is 0.361 e. The standard InChI is InChI=1S/C20H22FN3O/c1-24(2)19(14-6-4-3-5-7-14)20(25)22-11-10-15-13-23-18-12-16(21)8-9-17(15)18/h3-9,12-13,19,23H,10-11H2,1-2H3,(H,22,25)/t19-/m1/s1. The molecule has 1 amide bonds. The lowest BCUT2D eigenvalue weighted by Crippen LogP contribution is -2.37. The summed E-state index contributed by atoms with van der Waals surface area (Å²) in [7, 11) is 3.79. The molecule has 3 aromatic rings. The van der Waals surface area contributed by atoms with Crippen LogP contribution < -0.4 is 5.32 Å². The highest BCUT2D eigenvalue weighted by Crippen LogP contribution is 2.20. The molecule has 1 heterocycles. The molecule has 4 nitrogen and oxygen atoms in total. The SMILES string of the molecule is CN(C)[C@@H](C(=O)NCCc1c[nH]c2cc(F)ccc12)c1ccccc1. The number of halogens is 1. The lowest BCUT2D eigenvalue weighted by Gasteiger charge is -2.23. The number of H-pyrrole nitrogens is 1. The second-order valence-corrected chi connectivity index (χ2v) is 6.32. The van der Waals surface area contributed by atoms with Gasteiger partial charge in [0.05, 0.1) is 0 Å². The number of fused-ring (bicyclic) bond motifs is 1. The monoisotopic (exact) mass is 339 g/mol. The zero-order valence-corrected chi connectivity index (χ0v) is 14.4. The van der Waals surface area contributed by atoms with Gasteiger partial charge in [0.15, 0.2) is 0 Å². The molecule has 0 saturated heterocycles. The van der Waals surface area contributed by atoms with Crippen LogP contribution in [0.3, 0.4) is 0 Å². The molecule has 0 aliphatic carbocycles. The van der Waals surface area contributed by atoms with E-state index in [9.17, 15) is 9.18 Å². The van der Waals surface area contributed by atoms with Crippen LogP contribution in [0.5, 0.6) is 0 Å². The number of hydrogen-bond donors (Lipinski definition) is 2. The Bertz CT molecular complexity index is 858. The molecule has 0 fully saturated rings. The first-order chi connectivity index (χ1) is 12.1. The fourth-order valence-corrected chi connectivity index (χ4v) is 3.10. The first-order valence-electron chi connectivity index (χ1n) is 8.31. The number of aromatic amines is 1. The fraction of sp³-hybridized carbons (Fsp3) is 0.250. The number of carbonyl (C=O) groups is 1. The summed E-state index contributed by atoms with van der Waals surface area (Å²) in [4.78, 5) is 17.6. The van der Waals surface area contributed by atoms with Gasteiger partial charge < -0.3 is 10.3 Å². The van der Waals surface area contributed by atoms with Crippen molar-refractivity contribution in [2.75, 3.05) is 20.6 Å². The van der Waals surface area contributed by atoms with E-state index in [0.29, 0.717) is 13.0 Å². The van der Waals surface area contributed by atoms with Gasteiger partial charge in [-0.2, -0.15) is 0 Å². The van der Waals surface area contributed by atoms with E-state index >= 15 is 0 Å². The Morgan fingerprint density at radius 2 is 1.96 bits per heavy atom. The molecule has 0 radical (unpaired) electrons. The van der Waals surface area contributed by atoms with Crippen molar-refractivity contribution in [3.63, 3.8) is 0 Å². The van der Waals surface area contributed by atoms with Gasteiger partial charge >= 0.3 is 0 Å². The van der Waals surface area contributed by atoms with Gasteiger partial charge in [-0.25, -0.2) is 4.39 Å². The smallest absolute Gasteiger partial charge is 0.241 e. The Labute approximate surface area is 146 Å². The van der Waals surface area contributed by atoms with Crippen molar-refractivity contribution in [3.8, 4) is 0 Å². The topological polar surface area (TPSA) is 48.1 Å². The number of nitrogens with one attached hydrogen (secondary N) is 2. The number of nitrogens with zero attached hydrogens (tertiary/aromatic N) is 1. The van der Waals surface area contributed by atoms with Gasteiger partial charge in [0.1, 0.15) is 11.9 Å². The summed E-state index contributed by atoms with van der Waals surface area (Å²) in [5.74, 6) is -0.284. The summed E-state index contributed by atoms with van der Waals surface area (Å²) in [6.45, 7) is 0.528. The van der Waals surface area contributed by atoms with E-state index in [1.807, 2.05) is 55.5 Å². The third kappa shape index (κ3) is 3.88. The molecular formula is C20H22FN3O. The maximum atomic E-state index is 13.2. The second-order valence-electron chi connectivity index (χ2n) is 6.32. The van der Waals surface area contributed by atoms with E-state index in [2.05, 4.69) is 10.3 Å². The van der Waals surface area contributed by atoms with Crippen LogP contribution in [0.4, 0.5) is 4.39 Å². The van der Waals surface area contributed by atoms with Crippen LogP contribution in [0, 0.1) is 5.82 Å². The van der Waals surface area contributed by atoms with Crippen LogP contribution >= 0.6 is 0 Å². The number of rotatable bonds is 6. The summed E-state index contributed by atoms with van der Waals surface area (Å²) in [6.07, 6.45) is 2.56. The van der Waals surface area contributed by atoms with Crippen LogP contribution in [0.1, 0.15) is 17.2 Å². The number of aromatic nitrogens is 1. The van der Waals surface area contributed by atoms with Gasteiger partial charge in [-0.15, -0.1) is 0 Å². The first kappa shape index (κ1) is 17.2. The van der Waals surface area contributed by atoms with Crippen LogP contribution in [-0.2, 0) is 11.2 Å². The van der Waals surface area contributed by atoms with E-state index in [1.165, 1.54) is 12.1 Å². The quantitative estimate of drug-likeness (QED) is 0.724. The molecule has 2 N–H and O–H groups in total. The molecule has 5 heteroatoms. The number of amides is 1. The second kappa shape index (κ2) is 7.49. The normalized spacial score (nSPS) is 12.5. The highest BCUT2D eigenvalue weighted by molar-refractivity contribution is 5.84. The summed E-state index contributed by atoms with van der Waals surface area (Å²) in [5, 5.41) is 4.00.